The molecule has 0 spiro atoms. The molecule has 0 bridgehead atoms. The number of hydrogen-bond acceptors (Lipinski definition) is 5. The Balaban J connectivity index is 1.44. The molecule has 8 heteroatoms. The Bertz CT molecular complexity index is 1100. The van der Waals surface area contributed by atoms with Gasteiger partial charge in [-0.1, -0.05) is 42.5 Å². The zero-order valence-corrected chi connectivity index (χ0v) is 18.2. The molecule has 7 nitrogen and oxygen atoms in total. The number of allylic oxidation sites excluding steroid dienone is 2. The van der Waals surface area contributed by atoms with Gasteiger partial charge in [-0.25, -0.2) is 0 Å². The first-order valence-corrected chi connectivity index (χ1v) is 10.5. The molecule has 1 aliphatic carbocycles. The number of anilines is 1. The van der Waals surface area contributed by atoms with E-state index in [1.807, 2.05) is 42.5 Å². The fraction of sp³-hybridized carbons (Fsp3) is 0.167. The van der Waals surface area contributed by atoms with Crippen LogP contribution in [0.1, 0.15) is 11.1 Å². The summed E-state index contributed by atoms with van der Waals surface area (Å²) in [4.78, 5) is 26.8. The number of nitrogens with zero attached hydrogens (tertiary/aromatic N) is 2. The van der Waals surface area contributed by atoms with E-state index in [1.165, 1.54) is 4.90 Å². The van der Waals surface area contributed by atoms with E-state index in [9.17, 15) is 9.59 Å². The number of hydrazone groups is 1. The molecule has 1 aliphatic heterocycles. The second-order valence-corrected chi connectivity index (χ2v) is 7.75. The molecule has 2 aromatic carbocycles. The molecule has 2 aliphatic rings. The standard InChI is InChI=1S/C24H22N4O3S/c1-31-21-12-11-16(14-25-27-24(32)26-18-7-3-2-4-8-18)13-17(21)15-28-22(29)19-9-5-6-10-20(19)23(28)30/h2-14,19-20H,15H2,1H3,(H2,26,27,32). The molecule has 0 saturated carbocycles. The number of carbonyl (C=O) groups is 2. The van der Waals surface area contributed by atoms with Gasteiger partial charge < -0.3 is 10.1 Å². The minimum atomic E-state index is -0.425. The first-order valence-electron chi connectivity index (χ1n) is 10.1. The highest BCUT2D eigenvalue weighted by Crippen LogP contribution is 2.33. The molecule has 1 fully saturated rings. The van der Waals surface area contributed by atoms with Crippen LogP contribution in [-0.2, 0) is 16.1 Å². The highest BCUT2D eigenvalue weighted by molar-refractivity contribution is 7.80. The van der Waals surface area contributed by atoms with E-state index < -0.39 is 11.8 Å². The summed E-state index contributed by atoms with van der Waals surface area (Å²) in [6, 6.07) is 15.0. The van der Waals surface area contributed by atoms with Crippen molar-refractivity contribution in [1.82, 2.24) is 10.3 Å². The third-order valence-electron chi connectivity index (χ3n) is 5.28. The molecule has 2 aromatic rings. The number of methoxy groups -OCH3 is 1. The van der Waals surface area contributed by atoms with Gasteiger partial charge in [0.05, 0.1) is 31.7 Å². The molecule has 162 valence electrons. The van der Waals surface area contributed by atoms with Crippen LogP contribution in [0.5, 0.6) is 5.75 Å². The Morgan fingerprint density at radius 3 is 2.44 bits per heavy atom. The van der Waals surface area contributed by atoms with Crippen molar-refractivity contribution >= 4 is 41.0 Å². The van der Waals surface area contributed by atoms with E-state index >= 15 is 0 Å². The first-order chi connectivity index (χ1) is 15.6. The summed E-state index contributed by atoms with van der Waals surface area (Å²) < 4.78 is 5.44. The smallest absolute Gasteiger partial charge is 0.237 e. The summed E-state index contributed by atoms with van der Waals surface area (Å²) in [5.74, 6) is -0.643. The van der Waals surface area contributed by atoms with Crippen molar-refractivity contribution < 1.29 is 14.3 Å². The number of para-hydroxylation sites is 1. The Morgan fingerprint density at radius 1 is 1.09 bits per heavy atom. The van der Waals surface area contributed by atoms with E-state index in [1.54, 1.807) is 43.7 Å². The van der Waals surface area contributed by atoms with Crippen LogP contribution < -0.4 is 15.5 Å². The highest BCUT2D eigenvalue weighted by atomic mass is 32.1. The predicted octanol–water partition coefficient (Wildman–Crippen LogP) is 3.24. The molecule has 1 heterocycles. The SMILES string of the molecule is COc1ccc(C=NNC(=S)Nc2ccccc2)cc1CN1C(=O)C2C=CC=CC2C1=O. The number of rotatable bonds is 6. The topological polar surface area (TPSA) is 83.0 Å². The Hall–Kier alpha value is -3.78. The molecule has 2 N–H and O–H groups in total. The zero-order chi connectivity index (χ0) is 22.5. The molecular formula is C24H22N4O3S. The average molecular weight is 447 g/mol. The number of likely N-dealkylation sites (tertiary alicyclic amines) is 1. The lowest BCUT2D eigenvalue weighted by molar-refractivity contribution is -0.140. The maximum absolute atomic E-state index is 12.8. The minimum absolute atomic E-state index is 0.138. The van der Waals surface area contributed by atoms with Crippen molar-refractivity contribution in [2.75, 3.05) is 12.4 Å². The largest absolute Gasteiger partial charge is 0.496 e. The Labute approximate surface area is 191 Å². The van der Waals surface area contributed by atoms with E-state index in [0.29, 0.717) is 10.9 Å². The van der Waals surface area contributed by atoms with Gasteiger partial charge in [0.1, 0.15) is 5.75 Å². The van der Waals surface area contributed by atoms with Gasteiger partial charge in [0, 0.05) is 11.3 Å². The number of imide groups is 1. The summed E-state index contributed by atoms with van der Waals surface area (Å²) in [5.41, 5.74) is 5.12. The van der Waals surface area contributed by atoms with Crippen molar-refractivity contribution in [1.29, 1.82) is 0 Å². The summed E-state index contributed by atoms with van der Waals surface area (Å²) in [7, 11) is 1.56. The summed E-state index contributed by atoms with van der Waals surface area (Å²) in [6.45, 7) is 0.138. The van der Waals surface area contributed by atoms with Crippen LogP contribution in [-0.4, -0.2) is 35.2 Å². The number of hydrogen-bond donors (Lipinski definition) is 2. The van der Waals surface area contributed by atoms with Crippen LogP contribution >= 0.6 is 12.2 Å². The Kier molecular flexibility index (Phi) is 6.42. The zero-order valence-electron chi connectivity index (χ0n) is 17.4. The fourth-order valence-electron chi connectivity index (χ4n) is 3.72. The van der Waals surface area contributed by atoms with E-state index in [2.05, 4.69) is 15.8 Å². The third-order valence-corrected chi connectivity index (χ3v) is 5.47. The van der Waals surface area contributed by atoms with Crippen LogP contribution in [0.4, 0.5) is 5.69 Å². The highest BCUT2D eigenvalue weighted by Gasteiger charge is 2.45. The molecule has 4 rings (SSSR count). The Morgan fingerprint density at radius 2 is 1.78 bits per heavy atom. The number of benzene rings is 2. The normalized spacial score (nSPS) is 19.3. The van der Waals surface area contributed by atoms with Gasteiger partial charge in [0.25, 0.3) is 0 Å². The van der Waals surface area contributed by atoms with Crippen LogP contribution in [0, 0.1) is 11.8 Å². The maximum atomic E-state index is 12.8. The number of fused-ring (bicyclic) bond motifs is 1. The average Bonchev–Trinajstić information content (AvgIpc) is 3.05. The van der Waals surface area contributed by atoms with Crippen molar-refractivity contribution in [2.24, 2.45) is 16.9 Å². The molecule has 0 radical (unpaired) electrons. The second-order valence-electron chi connectivity index (χ2n) is 7.35. The number of ether oxygens (including phenoxy) is 1. The lowest BCUT2D eigenvalue weighted by atomic mass is 9.91. The molecule has 2 atom stereocenters. The molecule has 2 amide bonds. The second kappa shape index (κ2) is 9.57. The first kappa shape index (κ1) is 21.5. The summed E-state index contributed by atoms with van der Waals surface area (Å²) >= 11 is 5.24. The number of amides is 2. The van der Waals surface area contributed by atoms with E-state index in [-0.39, 0.29) is 18.4 Å². The summed E-state index contributed by atoms with van der Waals surface area (Å²) in [6.07, 6.45) is 8.78. The predicted molar refractivity (Wildman–Crippen MR) is 127 cm³/mol. The van der Waals surface area contributed by atoms with Crippen LogP contribution in [0.2, 0.25) is 0 Å². The fourth-order valence-corrected chi connectivity index (χ4v) is 3.89. The van der Waals surface area contributed by atoms with Gasteiger partial charge in [-0.2, -0.15) is 5.10 Å². The quantitative estimate of drug-likeness (QED) is 0.307. The lowest BCUT2D eigenvalue weighted by Crippen LogP contribution is -2.30. The van der Waals surface area contributed by atoms with Crippen molar-refractivity contribution in [3.8, 4) is 5.75 Å². The molecule has 1 saturated heterocycles. The van der Waals surface area contributed by atoms with Gasteiger partial charge in [-0.15, -0.1) is 0 Å². The van der Waals surface area contributed by atoms with Crippen molar-refractivity contribution in [2.45, 2.75) is 6.54 Å². The van der Waals surface area contributed by atoms with Crippen molar-refractivity contribution in [3.63, 3.8) is 0 Å². The number of nitrogens with one attached hydrogen (secondary N) is 2. The van der Waals surface area contributed by atoms with Crippen molar-refractivity contribution in [3.05, 3.63) is 84.0 Å². The van der Waals surface area contributed by atoms with Gasteiger partial charge >= 0.3 is 0 Å². The minimum Gasteiger partial charge on any atom is -0.496 e. The van der Waals surface area contributed by atoms with Crippen LogP contribution in [0.3, 0.4) is 0 Å². The van der Waals surface area contributed by atoms with Crippen LogP contribution in [0.25, 0.3) is 0 Å². The molecule has 2 unspecified atom stereocenters. The molecule has 32 heavy (non-hydrogen) atoms. The van der Waals surface area contributed by atoms with Gasteiger partial charge in [0.2, 0.25) is 11.8 Å². The lowest BCUT2D eigenvalue weighted by Gasteiger charge is -2.17. The third kappa shape index (κ3) is 4.60. The maximum Gasteiger partial charge on any atom is 0.237 e. The van der Waals surface area contributed by atoms with Gasteiger partial charge in [-0.3, -0.25) is 19.9 Å². The molecular weight excluding hydrogens is 424 g/mol. The van der Waals surface area contributed by atoms with Gasteiger partial charge in [-0.05, 0) is 48.1 Å². The summed E-state index contributed by atoms with van der Waals surface area (Å²) in [5, 5.41) is 7.56. The molecule has 0 aromatic heterocycles. The van der Waals surface area contributed by atoms with E-state index in [0.717, 1.165) is 16.8 Å². The van der Waals surface area contributed by atoms with E-state index in [4.69, 9.17) is 17.0 Å². The van der Waals surface area contributed by atoms with Gasteiger partial charge in [0.15, 0.2) is 5.11 Å². The monoisotopic (exact) mass is 446 g/mol. The number of thiocarbonyl (C=S) groups is 1. The van der Waals surface area contributed by atoms with Crippen LogP contribution in [0.15, 0.2) is 77.9 Å². The number of carbonyl (C=O) groups excluding carboxylic acids is 2.